The number of aromatic nitrogens is 5. The number of nitrogens with zero attached hydrogens (tertiary/aromatic N) is 7. The molecular weight excluding hydrogens is 372 g/mol. The Hall–Kier alpha value is -3.40. The van der Waals surface area contributed by atoms with Crippen molar-refractivity contribution in [2.45, 2.75) is 26.8 Å². The molecule has 0 saturated heterocycles. The number of aryl methyl sites for hydroxylation is 2. The highest BCUT2D eigenvalue weighted by Gasteiger charge is 2.20. The van der Waals surface area contributed by atoms with Gasteiger partial charge >= 0.3 is 6.01 Å². The second kappa shape index (κ2) is 9.69. The Bertz CT molecular complexity index is 1030. The van der Waals surface area contributed by atoms with Crippen molar-refractivity contribution < 1.29 is 9.47 Å². The van der Waals surface area contributed by atoms with E-state index in [4.69, 9.17) is 20.3 Å². The van der Waals surface area contributed by atoms with Gasteiger partial charge in [-0.15, -0.1) is 5.11 Å². The molecule has 3 aromatic heterocycles. The standard InChI is InChI=1S/C19H24N8O2/c1-4-5-6-7-27-17(14-10-13(2)11-21-12-14)22-15-16(25-26-20)23-19(24-18(15)27)29-9-8-28-3/h4-5,10-12H,6-9H2,1-3H3,(H2,20,23,24,25)/b5-4-. The fourth-order valence-electron chi connectivity index (χ4n) is 2.85. The molecule has 29 heavy (non-hydrogen) atoms. The largest absolute Gasteiger partial charge is 0.461 e. The molecule has 10 heteroatoms. The number of rotatable bonds is 9. The zero-order chi connectivity index (χ0) is 20.6. The number of methoxy groups -OCH3 is 1. The molecule has 3 heterocycles. The molecule has 0 atom stereocenters. The lowest BCUT2D eigenvalue weighted by atomic mass is 10.2. The summed E-state index contributed by atoms with van der Waals surface area (Å²) in [6.07, 6.45) is 8.48. The third-order valence-electron chi connectivity index (χ3n) is 4.12. The summed E-state index contributed by atoms with van der Waals surface area (Å²) in [5.41, 5.74) is 3.00. The lowest BCUT2D eigenvalue weighted by Gasteiger charge is -2.09. The number of ether oxygens (including phenoxy) is 2. The van der Waals surface area contributed by atoms with Crippen molar-refractivity contribution in [1.82, 2.24) is 24.5 Å². The van der Waals surface area contributed by atoms with Gasteiger partial charge in [0, 0.05) is 31.6 Å². The predicted molar refractivity (Wildman–Crippen MR) is 109 cm³/mol. The van der Waals surface area contributed by atoms with E-state index in [1.54, 1.807) is 19.5 Å². The molecule has 0 unspecified atom stereocenters. The summed E-state index contributed by atoms with van der Waals surface area (Å²) in [6.45, 7) is 5.36. The zero-order valence-corrected chi connectivity index (χ0v) is 16.7. The van der Waals surface area contributed by atoms with E-state index in [1.165, 1.54) is 0 Å². The van der Waals surface area contributed by atoms with Gasteiger partial charge < -0.3 is 19.9 Å². The Morgan fingerprint density at radius 3 is 2.79 bits per heavy atom. The lowest BCUT2D eigenvalue weighted by molar-refractivity contribution is 0.141. The van der Waals surface area contributed by atoms with Gasteiger partial charge in [-0.2, -0.15) is 9.97 Å². The normalized spacial score (nSPS) is 11.8. The van der Waals surface area contributed by atoms with Crippen LogP contribution < -0.4 is 10.6 Å². The zero-order valence-electron chi connectivity index (χ0n) is 16.7. The van der Waals surface area contributed by atoms with Crippen molar-refractivity contribution in [3.05, 3.63) is 36.2 Å². The fraction of sp³-hybridized carbons (Fsp3) is 0.368. The third kappa shape index (κ3) is 4.72. The Morgan fingerprint density at radius 2 is 2.07 bits per heavy atom. The second-order valence-corrected chi connectivity index (χ2v) is 6.25. The van der Waals surface area contributed by atoms with Crippen molar-refractivity contribution in [3.8, 4) is 17.4 Å². The predicted octanol–water partition coefficient (Wildman–Crippen LogP) is 3.15. The van der Waals surface area contributed by atoms with Gasteiger partial charge in [-0.3, -0.25) is 4.98 Å². The number of allylic oxidation sites excluding steroid dienone is 2. The Balaban J connectivity index is 2.18. The van der Waals surface area contributed by atoms with Crippen LogP contribution in [-0.2, 0) is 11.3 Å². The molecule has 0 saturated carbocycles. The maximum atomic E-state index is 5.60. The van der Waals surface area contributed by atoms with Gasteiger partial charge in [0.2, 0.25) is 5.82 Å². The summed E-state index contributed by atoms with van der Waals surface area (Å²) in [5.74, 6) is 6.25. The molecule has 0 amide bonds. The van der Waals surface area contributed by atoms with Gasteiger partial charge in [0.1, 0.15) is 12.4 Å². The van der Waals surface area contributed by atoms with Crippen molar-refractivity contribution in [1.29, 1.82) is 0 Å². The van der Waals surface area contributed by atoms with Crippen LogP contribution in [0.25, 0.3) is 22.6 Å². The summed E-state index contributed by atoms with van der Waals surface area (Å²) >= 11 is 0. The average molecular weight is 396 g/mol. The minimum Gasteiger partial charge on any atom is -0.461 e. The van der Waals surface area contributed by atoms with Crippen LogP contribution in [0.5, 0.6) is 6.01 Å². The number of nitrogens with two attached hydrogens (primary N) is 1. The highest BCUT2D eigenvalue weighted by molar-refractivity contribution is 5.85. The van der Waals surface area contributed by atoms with Crippen molar-refractivity contribution in [3.63, 3.8) is 0 Å². The summed E-state index contributed by atoms with van der Waals surface area (Å²) < 4.78 is 12.6. The van der Waals surface area contributed by atoms with Gasteiger partial charge in [-0.25, -0.2) is 4.98 Å². The Kier molecular flexibility index (Phi) is 6.80. The average Bonchev–Trinajstić information content (AvgIpc) is 3.08. The number of hydrogen-bond acceptors (Lipinski definition) is 8. The first kappa shape index (κ1) is 20.3. The van der Waals surface area contributed by atoms with E-state index in [0.717, 1.165) is 23.4 Å². The maximum Gasteiger partial charge on any atom is 0.320 e. The quantitative estimate of drug-likeness (QED) is 0.193. The fourth-order valence-corrected chi connectivity index (χ4v) is 2.85. The monoisotopic (exact) mass is 396 g/mol. The second-order valence-electron chi connectivity index (χ2n) is 6.25. The van der Waals surface area contributed by atoms with E-state index < -0.39 is 0 Å². The minimum atomic E-state index is 0.165. The summed E-state index contributed by atoms with van der Waals surface area (Å²) in [6, 6.07) is 2.19. The van der Waals surface area contributed by atoms with Gasteiger partial charge in [0.15, 0.2) is 11.2 Å². The molecule has 0 fully saturated rings. The SMILES string of the molecule is C/C=C\CCn1c(-c2cncc(C)c2)nc2c(N=NN)nc(OCCOC)nc21. The van der Waals surface area contributed by atoms with Crippen LogP contribution in [0.1, 0.15) is 18.9 Å². The number of pyridine rings is 1. The van der Waals surface area contributed by atoms with Crippen LogP contribution in [0.2, 0.25) is 0 Å². The minimum absolute atomic E-state index is 0.165. The van der Waals surface area contributed by atoms with E-state index in [0.29, 0.717) is 30.9 Å². The molecular formula is C19H24N8O2. The molecule has 3 rings (SSSR count). The van der Waals surface area contributed by atoms with Crippen LogP contribution in [0, 0.1) is 6.92 Å². The first-order valence-corrected chi connectivity index (χ1v) is 9.22. The summed E-state index contributed by atoms with van der Waals surface area (Å²) in [5, 5.41) is 7.30. The molecule has 0 aliphatic heterocycles. The van der Waals surface area contributed by atoms with Crippen LogP contribution in [0.4, 0.5) is 5.82 Å². The highest BCUT2D eigenvalue weighted by Crippen LogP contribution is 2.30. The van der Waals surface area contributed by atoms with E-state index in [2.05, 4.69) is 31.4 Å². The molecule has 0 aliphatic carbocycles. The highest BCUT2D eigenvalue weighted by atomic mass is 16.5. The van der Waals surface area contributed by atoms with Crippen molar-refractivity contribution >= 4 is 17.0 Å². The molecule has 152 valence electrons. The van der Waals surface area contributed by atoms with Crippen molar-refractivity contribution in [2.75, 3.05) is 20.3 Å². The molecule has 10 nitrogen and oxygen atoms in total. The van der Waals surface area contributed by atoms with E-state index in [9.17, 15) is 0 Å². The number of hydrogen-bond donors (Lipinski definition) is 1. The smallest absolute Gasteiger partial charge is 0.320 e. The Labute approximate surface area is 168 Å². The molecule has 2 N–H and O–H groups in total. The van der Waals surface area contributed by atoms with Gasteiger partial charge in [0.05, 0.1) is 6.61 Å². The first-order valence-electron chi connectivity index (χ1n) is 9.22. The summed E-state index contributed by atoms with van der Waals surface area (Å²) in [4.78, 5) is 17.9. The first-order chi connectivity index (χ1) is 14.2. The molecule has 0 aromatic carbocycles. The maximum absolute atomic E-state index is 5.60. The molecule has 0 aliphatic rings. The van der Waals surface area contributed by atoms with Gasteiger partial charge in [-0.1, -0.05) is 17.4 Å². The van der Waals surface area contributed by atoms with E-state index in [-0.39, 0.29) is 11.8 Å². The molecule has 0 bridgehead atoms. The number of fused-ring (bicyclic) bond motifs is 1. The topological polar surface area (TPSA) is 126 Å². The molecule has 0 spiro atoms. The van der Waals surface area contributed by atoms with E-state index in [1.807, 2.05) is 30.6 Å². The lowest BCUT2D eigenvalue weighted by Crippen LogP contribution is -2.08. The third-order valence-corrected chi connectivity index (χ3v) is 4.12. The van der Waals surface area contributed by atoms with Gasteiger partial charge in [0.25, 0.3) is 0 Å². The molecule has 0 radical (unpaired) electrons. The van der Waals surface area contributed by atoms with E-state index >= 15 is 0 Å². The summed E-state index contributed by atoms with van der Waals surface area (Å²) in [7, 11) is 1.60. The van der Waals surface area contributed by atoms with Crippen molar-refractivity contribution in [2.24, 2.45) is 16.2 Å². The van der Waals surface area contributed by atoms with Gasteiger partial charge in [-0.05, 0) is 31.9 Å². The molecule has 3 aromatic rings. The van der Waals surface area contributed by atoms with Crippen LogP contribution in [0.15, 0.2) is 40.9 Å². The Morgan fingerprint density at radius 1 is 1.21 bits per heavy atom. The number of imidazole rings is 1. The van der Waals surface area contributed by atoms with Crippen LogP contribution in [-0.4, -0.2) is 44.8 Å². The van der Waals surface area contributed by atoms with Crippen LogP contribution in [0.3, 0.4) is 0 Å². The van der Waals surface area contributed by atoms with Crippen LogP contribution >= 0.6 is 0 Å².